The molecule has 0 amide bonds. The van der Waals surface area contributed by atoms with Gasteiger partial charge in [0.25, 0.3) is 0 Å². The van der Waals surface area contributed by atoms with Crippen molar-refractivity contribution in [1.82, 2.24) is 0 Å². The fourth-order valence-corrected chi connectivity index (χ4v) is 1.35. The Morgan fingerprint density at radius 2 is 1.78 bits per heavy atom. The van der Waals surface area contributed by atoms with Crippen LogP contribution in [-0.4, -0.2) is 38.4 Å². The van der Waals surface area contributed by atoms with Crippen LogP contribution < -0.4 is 0 Å². The first-order chi connectivity index (χ1) is 8.43. The predicted molar refractivity (Wildman–Crippen MR) is 66.8 cm³/mol. The molecule has 18 heavy (non-hydrogen) atoms. The Morgan fingerprint density at radius 3 is 2.33 bits per heavy atom. The van der Waals surface area contributed by atoms with Gasteiger partial charge >= 0.3 is 11.9 Å². The number of hydrogen-bond donors (Lipinski definition) is 0. The summed E-state index contributed by atoms with van der Waals surface area (Å²) in [6, 6.07) is 0. The Labute approximate surface area is 107 Å². The van der Waals surface area contributed by atoms with Crippen molar-refractivity contribution in [2.24, 2.45) is 0 Å². The molecule has 1 unspecified atom stereocenters. The average molecular weight is 278 g/mol. The molecule has 0 aromatic heterocycles. The van der Waals surface area contributed by atoms with Crippen LogP contribution in [-0.2, 0) is 28.2 Å². The molecule has 104 valence electrons. The van der Waals surface area contributed by atoms with E-state index in [0.717, 1.165) is 0 Å². The van der Waals surface area contributed by atoms with Crippen molar-refractivity contribution in [1.29, 1.82) is 0 Å². The van der Waals surface area contributed by atoms with E-state index in [1.165, 1.54) is 13.6 Å². The second-order valence-electron chi connectivity index (χ2n) is 3.58. The van der Waals surface area contributed by atoms with Crippen molar-refractivity contribution in [3.8, 4) is 0 Å². The molecule has 0 aliphatic heterocycles. The minimum absolute atomic E-state index is 0.0105. The summed E-state index contributed by atoms with van der Waals surface area (Å²) >= 11 is 0. The van der Waals surface area contributed by atoms with Crippen molar-refractivity contribution in [3.63, 3.8) is 0 Å². The van der Waals surface area contributed by atoms with Crippen LogP contribution in [0.2, 0.25) is 0 Å². The summed E-state index contributed by atoms with van der Waals surface area (Å²) in [5.74, 6) is -0.909. The lowest BCUT2D eigenvalue weighted by molar-refractivity contribution is -0.150. The Kier molecular flexibility index (Phi) is 9.24. The fourth-order valence-electron chi connectivity index (χ4n) is 0.918. The molecule has 0 rings (SSSR count). The molecule has 0 saturated heterocycles. The van der Waals surface area contributed by atoms with Gasteiger partial charge in [0.15, 0.2) is 8.03 Å². The van der Waals surface area contributed by atoms with E-state index in [9.17, 15) is 14.2 Å². The standard InChI is InChI=1S/C11H19O6P/c1-9(2)11(13)16-8-7-15-10(12)5-4-6-17-18(3)14/h18H,1,4-8H2,2-3H3. The van der Waals surface area contributed by atoms with Crippen LogP contribution in [0.4, 0.5) is 0 Å². The largest absolute Gasteiger partial charge is 0.462 e. The Balaban J connectivity index is 3.45. The number of esters is 2. The van der Waals surface area contributed by atoms with Crippen LogP contribution in [0.15, 0.2) is 12.2 Å². The molecule has 7 heteroatoms. The maximum atomic E-state index is 11.2. The summed E-state index contributed by atoms with van der Waals surface area (Å²) in [5.41, 5.74) is 0.299. The summed E-state index contributed by atoms with van der Waals surface area (Å²) in [7, 11) is -1.94. The molecule has 0 aliphatic carbocycles. The zero-order valence-electron chi connectivity index (χ0n) is 10.7. The predicted octanol–water partition coefficient (Wildman–Crippen LogP) is 1.55. The second-order valence-corrected chi connectivity index (χ2v) is 4.85. The third kappa shape index (κ3) is 10.1. The third-order valence-electron chi connectivity index (χ3n) is 1.76. The third-order valence-corrected chi connectivity index (χ3v) is 2.37. The van der Waals surface area contributed by atoms with Crippen LogP contribution in [0, 0.1) is 0 Å². The maximum absolute atomic E-state index is 11.2. The first kappa shape index (κ1) is 16.9. The molecule has 0 aliphatic rings. The molecule has 1 atom stereocenters. The number of hydrogen-bond acceptors (Lipinski definition) is 6. The highest BCUT2D eigenvalue weighted by Gasteiger charge is 2.05. The molecule has 0 spiro atoms. The maximum Gasteiger partial charge on any atom is 0.333 e. The van der Waals surface area contributed by atoms with E-state index >= 15 is 0 Å². The molecular formula is C11H19O6P. The van der Waals surface area contributed by atoms with Gasteiger partial charge in [-0.3, -0.25) is 9.36 Å². The van der Waals surface area contributed by atoms with E-state index in [1.807, 2.05) is 0 Å². The molecule has 0 saturated carbocycles. The van der Waals surface area contributed by atoms with Crippen molar-refractivity contribution >= 4 is 20.0 Å². The van der Waals surface area contributed by atoms with Crippen LogP contribution in [0.3, 0.4) is 0 Å². The minimum atomic E-state index is -1.94. The zero-order chi connectivity index (χ0) is 14.0. The highest BCUT2D eigenvalue weighted by molar-refractivity contribution is 7.38. The Morgan fingerprint density at radius 1 is 1.17 bits per heavy atom. The lowest BCUT2D eigenvalue weighted by Gasteiger charge is -2.06. The Bertz CT molecular complexity index is 325. The molecule has 0 N–H and O–H groups in total. The first-order valence-electron chi connectivity index (χ1n) is 5.55. The summed E-state index contributed by atoms with van der Waals surface area (Å²) in [4.78, 5) is 22.1. The van der Waals surface area contributed by atoms with Gasteiger partial charge in [0, 0.05) is 18.7 Å². The second kappa shape index (κ2) is 9.85. The molecule has 0 fully saturated rings. The van der Waals surface area contributed by atoms with E-state index in [1.54, 1.807) is 0 Å². The van der Waals surface area contributed by atoms with Gasteiger partial charge in [-0.15, -0.1) is 0 Å². The van der Waals surface area contributed by atoms with E-state index in [0.29, 0.717) is 12.0 Å². The number of rotatable bonds is 9. The van der Waals surface area contributed by atoms with Gasteiger partial charge in [-0.1, -0.05) is 6.58 Å². The van der Waals surface area contributed by atoms with Crippen LogP contribution in [0.1, 0.15) is 19.8 Å². The molecule has 0 heterocycles. The highest BCUT2D eigenvalue weighted by Crippen LogP contribution is 2.15. The molecule has 0 radical (unpaired) electrons. The molecule has 6 nitrogen and oxygen atoms in total. The van der Waals surface area contributed by atoms with E-state index in [2.05, 4.69) is 6.58 Å². The molecule has 0 aromatic carbocycles. The van der Waals surface area contributed by atoms with Crippen molar-refractivity contribution in [3.05, 3.63) is 12.2 Å². The van der Waals surface area contributed by atoms with Crippen LogP contribution in [0.25, 0.3) is 0 Å². The molecule has 0 aromatic rings. The molecular weight excluding hydrogens is 259 g/mol. The van der Waals surface area contributed by atoms with Crippen molar-refractivity contribution < 1.29 is 28.2 Å². The summed E-state index contributed by atoms with van der Waals surface area (Å²) in [6.45, 7) is 6.73. The lowest BCUT2D eigenvalue weighted by Crippen LogP contribution is -2.14. The SMILES string of the molecule is C=C(C)C(=O)OCCOC(=O)CCCO[PH](C)=O. The van der Waals surface area contributed by atoms with Gasteiger partial charge in [0.2, 0.25) is 0 Å². The minimum Gasteiger partial charge on any atom is -0.462 e. The number of carbonyl (C=O) groups excluding carboxylic acids is 2. The number of ether oxygens (including phenoxy) is 2. The number of carbonyl (C=O) groups is 2. The topological polar surface area (TPSA) is 78.9 Å². The van der Waals surface area contributed by atoms with Crippen LogP contribution in [0.5, 0.6) is 0 Å². The molecule has 0 bridgehead atoms. The smallest absolute Gasteiger partial charge is 0.333 e. The lowest BCUT2D eigenvalue weighted by atomic mass is 10.3. The summed E-state index contributed by atoms with van der Waals surface area (Å²) in [5, 5.41) is 0. The fraction of sp³-hybridized carbons (Fsp3) is 0.636. The van der Waals surface area contributed by atoms with Crippen molar-refractivity contribution in [2.75, 3.05) is 26.5 Å². The van der Waals surface area contributed by atoms with Gasteiger partial charge < -0.3 is 14.0 Å². The van der Waals surface area contributed by atoms with E-state index in [-0.39, 0.29) is 26.2 Å². The van der Waals surface area contributed by atoms with Gasteiger partial charge in [-0.2, -0.15) is 0 Å². The Hall–Kier alpha value is -1.13. The summed E-state index contributed by atoms with van der Waals surface area (Å²) < 4.78 is 25.0. The van der Waals surface area contributed by atoms with E-state index < -0.39 is 20.0 Å². The quantitative estimate of drug-likeness (QED) is 0.275. The first-order valence-corrected chi connectivity index (χ1v) is 7.36. The van der Waals surface area contributed by atoms with Crippen LogP contribution >= 0.6 is 8.03 Å². The van der Waals surface area contributed by atoms with Gasteiger partial charge in [-0.25, -0.2) is 4.79 Å². The zero-order valence-corrected chi connectivity index (χ0v) is 11.7. The van der Waals surface area contributed by atoms with Gasteiger partial charge in [0.05, 0.1) is 6.61 Å². The summed E-state index contributed by atoms with van der Waals surface area (Å²) in [6.07, 6.45) is 0.637. The van der Waals surface area contributed by atoms with Gasteiger partial charge in [0.1, 0.15) is 13.2 Å². The van der Waals surface area contributed by atoms with E-state index in [4.69, 9.17) is 14.0 Å². The normalized spacial score (nSPS) is 11.7. The van der Waals surface area contributed by atoms with Gasteiger partial charge in [-0.05, 0) is 13.3 Å². The monoisotopic (exact) mass is 278 g/mol. The highest BCUT2D eigenvalue weighted by atomic mass is 31.1. The average Bonchev–Trinajstić information content (AvgIpc) is 2.29. The van der Waals surface area contributed by atoms with Crippen molar-refractivity contribution in [2.45, 2.75) is 19.8 Å².